The molecule has 0 aromatic carbocycles. The average molecular weight is 388 g/mol. The van der Waals surface area contributed by atoms with Crippen molar-refractivity contribution in [1.29, 1.82) is 0 Å². The predicted octanol–water partition coefficient (Wildman–Crippen LogP) is 3.21. The number of halogens is 2. The highest BCUT2D eigenvalue weighted by Gasteiger charge is 2.31. The summed E-state index contributed by atoms with van der Waals surface area (Å²) in [6, 6.07) is 3.08. The van der Waals surface area contributed by atoms with Crippen molar-refractivity contribution in [3.8, 4) is 11.7 Å². The lowest BCUT2D eigenvalue weighted by molar-refractivity contribution is -0.114. The van der Waals surface area contributed by atoms with Crippen LogP contribution >= 0.6 is 0 Å². The Hall–Kier alpha value is -3.17. The fourth-order valence-corrected chi connectivity index (χ4v) is 2.79. The number of nitrogens with zero attached hydrogens (tertiary/aromatic N) is 5. The quantitative estimate of drug-likeness (QED) is 0.721. The summed E-state index contributed by atoms with van der Waals surface area (Å²) in [6.07, 6.45) is 5.83. The van der Waals surface area contributed by atoms with Crippen LogP contribution in [-0.4, -0.2) is 36.7 Å². The Morgan fingerprint density at radius 3 is 2.71 bits per heavy atom. The van der Waals surface area contributed by atoms with Gasteiger partial charge in [0.15, 0.2) is 5.82 Å². The van der Waals surface area contributed by atoms with Gasteiger partial charge in [0.25, 0.3) is 0 Å². The summed E-state index contributed by atoms with van der Waals surface area (Å²) in [5, 5.41) is 7.49. The smallest absolute Gasteiger partial charge is 0.304 e. The number of carbonyl (C=O) groups is 1. The number of carbonyl (C=O) groups excluding carboxylic acids is 1. The van der Waals surface area contributed by atoms with E-state index >= 15 is 0 Å². The second-order valence-corrected chi connectivity index (χ2v) is 6.81. The molecule has 1 amide bonds. The summed E-state index contributed by atoms with van der Waals surface area (Å²) >= 11 is 0. The summed E-state index contributed by atoms with van der Waals surface area (Å²) in [5.41, 5.74) is 0.553. The van der Waals surface area contributed by atoms with Gasteiger partial charge in [-0.25, -0.2) is 14.6 Å². The van der Waals surface area contributed by atoms with Crippen LogP contribution in [-0.2, 0) is 10.7 Å². The van der Waals surface area contributed by atoms with E-state index in [4.69, 9.17) is 4.74 Å². The highest BCUT2D eigenvalue weighted by Crippen LogP contribution is 2.30. The highest BCUT2D eigenvalue weighted by molar-refractivity contribution is 5.90. The van der Waals surface area contributed by atoms with Crippen LogP contribution in [0.2, 0.25) is 0 Å². The molecule has 1 aliphatic rings. The molecule has 1 fully saturated rings. The van der Waals surface area contributed by atoms with Crippen LogP contribution in [0.15, 0.2) is 24.5 Å². The number of nitrogens with one attached hydrogen (secondary N) is 1. The van der Waals surface area contributed by atoms with E-state index in [-0.39, 0.29) is 23.7 Å². The SMILES string of the molecule is CC(=O)Nc1cc2c(cn1)cnn2-c1cc(OC2CCC2)nc(C(C)(F)F)n1. The van der Waals surface area contributed by atoms with Crippen LogP contribution in [0.1, 0.15) is 38.9 Å². The third kappa shape index (κ3) is 3.62. The predicted molar refractivity (Wildman–Crippen MR) is 96.6 cm³/mol. The molecule has 3 aromatic heterocycles. The monoisotopic (exact) mass is 388 g/mol. The lowest BCUT2D eigenvalue weighted by atomic mass is 9.96. The molecule has 3 heterocycles. The maximum atomic E-state index is 13.9. The second-order valence-electron chi connectivity index (χ2n) is 6.81. The molecule has 0 saturated heterocycles. The Bertz CT molecular complexity index is 1040. The van der Waals surface area contributed by atoms with Crippen molar-refractivity contribution in [3.63, 3.8) is 0 Å². The normalized spacial score (nSPS) is 14.7. The standard InChI is InChI=1S/C18H18F2N6O2/c1-10(27)23-14-6-13-11(8-21-14)9-22-26(13)15-7-16(28-12-4-3-5-12)25-17(24-15)18(2,19)20/h6-9,12H,3-5H2,1-2H3,(H,21,23,27). The Kier molecular flexibility index (Phi) is 4.40. The summed E-state index contributed by atoms with van der Waals surface area (Å²) in [7, 11) is 0. The molecule has 0 bridgehead atoms. The van der Waals surface area contributed by atoms with Gasteiger partial charge in [0, 0.05) is 37.6 Å². The largest absolute Gasteiger partial charge is 0.474 e. The van der Waals surface area contributed by atoms with Crippen molar-refractivity contribution < 1.29 is 18.3 Å². The first-order valence-electron chi connectivity index (χ1n) is 8.85. The van der Waals surface area contributed by atoms with Crippen LogP contribution in [0, 0.1) is 0 Å². The van der Waals surface area contributed by atoms with Crippen molar-refractivity contribution in [3.05, 3.63) is 30.4 Å². The fraction of sp³-hybridized carbons (Fsp3) is 0.389. The summed E-state index contributed by atoms with van der Waals surface area (Å²) in [6.45, 7) is 2.10. The van der Waals surface area contributed by atoms with Gasteiger partial charge in [0.2, 0.25) is 17.6 Å². The number of ether oxygens (including phenoxy) is 1. The van der Waals surface area contributed by atoms with E-state index in [1.165, 1.54) is 30.1 Å². The third-order valence-electron chi connectivity index (χ3n) is 4.39. The zero-order valence-electron chi connectivity index (χ0n) is 15.3. The van der Waals surface area contributed by atoms with Crippen molar-refractivity contribution in [2.24, 2.45) is 0 Å². The molecule has 28 heavy (non-hydrogen) atoms. The van der Waals surface area contributed by atoms with E-state index < -0.39 is 11.7 Å². The minimum Gasteiger partial charge on any atom is -0.474 e. The molecule has 1 aliphatic carbocycles. The van der Waals surface area contributed by atoms with Crippen LogP contribution in [0.4, 0.5) is 14.6 Å². The molecule has 0 aliphatic heterocycles. The number of pyridine rings is 1. The molecular formula is C18H18F2N6O2. The van der Waals surface area contributed by atoms with Gasteiger partial charge >= 0.3 is 5.92 Å². The molecule has 3 aromatic rings. The number of rotatable bonds is 5. The number of fused-ring (bicyclic) bond motifs is 1. The number of amides is 1. The lowest BCUT2D eigenvalue weighted by Crippen LogP contribution is -2.26. The molecule has 0 atom stereocenters. The van der Waals surface area contributed by atoms with Crippen molar-refractivity contribution in [2.45, 2.75) is 45.1 Å². The van der Waals surface area contributed by atoms with Gasteiger partial charge in [-0.05, 0) is 19.3 Å². The van der Waals surface area contributed by atoms with Gasteiger partial charge in [-0.2, -0.15) is 18.9 Å². The Balaban J connectivity index is 1.80. The van der Waals surface area contributed by atoms with E-state index in [0.717, 1.165) is 26.2 Å². The van der Waals surface area contributed by atoms with Crippen molar-refractivity contribution in [1.82, 2.24) is 24.7 Å². The Morgan fingerprint density at radius 1 is 1.29 bits per heavy atom. The van der Waals surface area contributed by atoms with E-state index in [0.29, 0.717) is 16.7 Å². The first-order valence-corrected chi connectivity index (χ1v) is 8.85. The number of aromatic nitrogens is 5. The zero-order valence-corrected chi connectivity index (χ0v) is 15.3. The Morgan fingerprint density at radius 2 is 2.07 bits per heavy atom. The molecule has 1 N–H and O–H groups in total. The third-order valence-corrected chi connectivity index (χ3v) is 4.39. The fourth-order valence-electron chi connectivity index (χ4n) is 2.79. The number of alkyl halides is 2. The molecule has 146 valence electrons. The van der Waals surface area contributed by atoms with Gasteiger partial charge < -0.3 is 10.1 Å². The van der Waals surface area contributed by atoms with Crippen LogP contribution in [0.25, 0.3) is 16.7 Å². The zero-order chi connectivity index (χ0) is 19.9. The van der Waals surface area contributed by atoms with E-state index in [1.54, 1.807) is 6.07 Å². The summed E-state index contributed by atoms with van der Waals surface area (Å²) in [4.78, 5) is 23.3. The van der Waals surface area contributed by atoms with Crippen LogP contribution in [0.3, 0.4) is 0 Å². The maximum Gasteiger partial charge on any atom is 0.304 e. The van der Waals surface area contributed by atoms with Crippen molar-refractivity contribution >= 4 is 22.6 Å². The van der Waals surface area contributed by atoms with E-state index in [9.17, 15) is 13.6 Å². The molecule has 0 spiro atoms. The number of hydrogen-bond acceptors (Lipinski definition) is 6. The summed E-state index contributed by atoms with van der Waals surface area (Å²) in [5.74, 6) is -3.59. The van der Waals surface area contributed by atoms with Gasteiger partial charge in [0.1, 0.15) is 11.9 Å². The molecule has 4 rings (SSSR count). The van der Waals surface area contributed by atoms with E-state index in [2.05, 4.69) is 25.4 Å². The highest BCUT2D eigenvalue weighted by atomic mass is 19.3. The Labute approximate surface area is 159 Å². The van der Waals surface area contributed by atoms with Gasteiger partial charge in [-0.15, -0.1) is 0 Å². The molecular weight excluding hydrogens is 370 g/mol. The van der Waals surface area contributed by atoms with Gasteiger partial charge in [0.05, 0.1) is 11.7 Å². The first-order chi connectivity index (χ1) is 13.3. The van der Waals surface area contributed by atoms with Gasteiger partial charge in [-0.1, -0.05) is 0 Å². The maximum absolute atomic E-state index is 13.9. The topological polar surface area (TPSA) is 94.8 Å². The minimum atomic E-state index is -3.24. The molecule has 8 nitrogen and oxygen atoms in total. The average Bonchev–Trinajstić information content (AvgIpc) is 3.00. The molecule has 0 radical (unpaired) electrons. The molecule has 10 heteroatoms. The number of hydrogen-bond donors (Lipinski definition) is 1. The lowest BCUT2D eigenvalue weighted by Gasteiger charge is -2.26. The van der Waals surface area contributed by atoms with Crippen LogP contribution in [0.5, 0.6) is 5.88 Å². The molecule has 1 saturated carbocycles. The summed E-state index contributed by atoms with van der Waals surface area (Å²) < 4.78 is 35.0. The van der Waals surface area contributed by atoms with E-state index in [1.807, 2.05) is 0 Å². The minimum absolute atomic E-state index is 0.0222. The van der Waals surface area contributed by atoms with Crippen molar-refractivity contribution in [2.75, 3.05) is 5.32 Å². The first kappa shape index (κ1) is 18.2. The second kappa shape index (κ2) is 6.77. The van der Waals surface area contributed by atoms with Gasteiger partial charge in [-0.3, -0.25) is 4.79 Å². The van der Waals surface area contributed by atoms with Crippen LogP contribution < -0.4 is 10.1 Å². The molecule has 0 unspecified atom stereocenters. The number of anilines is 1.